The molecule has 15 heavy (non-hydrogen) atoms. The lowest BCUT2D eigenvalue weighted by Crippen LogP contribution is -2.00. The van der Waals surface area contributed by atoms with Gasteiger partial charge in [0.2, 0.25) is 0 Å². The second-order valence-electron chi connectivity index (χ2n) is 2.99. The second kappa shape index (κ2) is 9.41. The molecule has 1 aromatic rings. The number of Topliss-reactive ketones (excluding diaryl/α,β-unsaturated/α-hetero) is 1. The number of benzene rings is 1. The van der Waals surface area contributed by atoms with Crippen LogP contribution >= 0.6 is 0 Å². The summed E-state index contributed by atoms with van der Waals surface area (Å²) >= 11 is 0. The highest BCUT2D eigenvalue weighted by molar-refractivity contribution is 5.75. The van der Waals surface area contributed by atoms with E-state index in [0.29, 0.717) is 19.6 Å². The Bertz CT molecular complexity index is 254. The Morgan fingerprint density at radius 1 is 1.20 bits per heavy atom. The van der Waals surface area contributed by atoms with Crippen molar-refractivity contribution in [2.24, 2.45) is 0 Å². The van der Waals surface area contributed by atoms with Crippen molar-refractivity contribution in [2.75, 3.05) is 6.61 Å². The third-order valence-electron chi connectivity index (χ3n) is 1.71. The van der Waals surface area contributed by atoms with Gasteiger partial charge < -0.3 is 4.74 Å². The molecule has 0 atom stereocenters. The number of ether oxygens (including phenoxy) is 1. The molecule has 0 aromatic heterocycles. The molecule has 0 spiro atoms. The standard InChI is InChI=1S/C11H14O2.C2H6/c1-10(12)7-8-13-9-11-5-3-2-4-6-11;1-2/h2-6H,7-9H2,1H3;1-2H3. The minimum absolute atomic E-state index is 0.174. The van der Waals surface area contributed by atoms with E-state index in [9.17, 15) is 4.79 Å². The smallest absolute Gasteiger partial charge is 0.132 e. The summed E-state index contributed by atoms with van der Waals surface area (Å²) in [7, 11) is 0. The van der Waals surface area contributed by atoms with Gasteiger partial charge in [-0.2, -0.15) is 0 Å². The van der Waals surface area contributed by atoms with Gasteiger partial charge in [0, 0.05) is 6.42 Å². The highest BCUT2D eigenvalue weighted by Gasteiger charge is 1.94. The van der Waals surface area contributed by atoms with E-state index in [2.05, 4.69) is 0 Å². The van der Waals surface area contributed by atoms with Crippen molar-refractivity contribution >= 4 is 5.78 Å². The molecular formula is C13H20O2. The second-order valence-corrected chi connectivity index (χ2v) is 2.99. The predicted molar refractivity (Wildman–Crippen MR) is 62.7 cm³/mol. The average molecular weight is 208 g/mol. The molecule has 0 saturated carbocycles. The SMILES string of the molecule is CC.CC(=O)CCOCc1ccccc1. The van der Waals surface area contributed by atoms with Crippen molar-refractivity contribution in [3.63, 3.8) is 0 Å². The Hall–Kier alpha value is -1.15. The minimum atomic E-state index is 0.174. The topological polar surface area (TPSA) is 26.3 Å². The molecule has 1 aromatic carbocycles. The van der Waals surface area contributed by atoms with Crippen LogP contribution in [-0.4, -0.2) is 12.4 Å². The van der Waals surface area contributed by atoms with Crippen LogP contribution in [-0.2, 0) is 16.1 Å². The normalized spacial score (nSPS) is 9.00. The van der Waals surface area contributed by atoms with Gasteiger partial charge in [-0.3, -0.25) is 4.79 Å². The van der Waals surface area contributed by atoms with Crippen molar-refractivity contribution in [2.45, 2.75) is 33.8 Å². The van der Waals surface area contributed by atoms with Crippen molar-refractivity contribution in [1.29, 1.82) is 0 Å². The predicted octanol–water partition coefficient (Wildman–Crippen LogP) is 3.21. The van der Waals surface area contributed by atoms with E-state index in [0.717, 1.165) is 5.56 Å². The lowest BCUT2D eigenvalue weighted by Gasteiger charge is -2.01. The Balaban J connectivity index is 0.000000921. The molecule has 0 N–H and O–H groups in total. The van der Waals surface area contributed by atoms with Gasteiger partial charge in [-0.25, -0.2) is 0 Å². The van der Waals surface area contributed by atoms with Crippen LogP contribution in [0, 0.1) is 0 Å². The highest BCUT2D eigenvalue weighted by atomic mass is 16.5. The van der Waals surface area contributed by atoms with Crippen LogP contribution in [0.3, 0.4) is 0 Å². The van der Waals surface area contributed by atoms with Gasteiger partial charge in [0.25, 0.3) is 0 Å². The van der Waals surface area contributed by atoms with Gasteiger partial charge in [-0.15, -0.1) is 0 Å². The lowest BCUT2D eigenvalue weighted by atomic mass is 10.2. The first-order valence-corrected chi connectivity index (χ1v) is 5.40. The average Bonchev–Trinajstić information content (AvgIpc) is 2.28. The van der Waals surface area contributed by atoms with Crippen molar-refractivity contribution < 1.29 is 9.53 Å². The Morgan fingerprint density at radius 2 is 1.80 bits per heavy atom. The fourth-order valence-electron chi connectivity index (χ4n) is 0.980. The molecule has 0 aliphatic carbocycles. The summed E-state index contributed by atoms with van der Waals surface area (Å²) < 4.78 is 5.31. The third kappa shape index (κ3) is 7.89. The molecule has 0 bridgehead atoms. The zero-order valence-corrected chi connectivity index (χ0v) is 9.82. The number of hydrogen-bond donors (Lipinski definition) is 0. The molecule has 0 saturated heterocycles. The molecule has 0 aliphatic heterocycles. The summed E-state index contributed by atoms with van der Waals surface area (Å²) in [5, 5.41) is 0. The molecule has 2 nitrogen and oxygen atoms in total. The summed E-state index contributed by atoms with van der Waals surface area (Å²) in [6, 6.07) is 9.94. The zero-order valence-electron chi connectivity index (χ0n) is 9.82. The maximum Gasteiger partial charge on any atom is 0.132 e. The van der Waals surface area contributed by atoms with Crippen LogP contribution in [0.25, 0.3) is 0 Å². The number of hydrogen-bond acceptors (Lipinski definition) is 2. The van der Waals surface area contributed by atoms with E-state index in [-0.39, 0.29) is 5.78 Å². The van der Waals surface area contributed by atoms with Crippen LogP contribution in [0.4, 0.5) is 0 Å². The Morgan fingerprint density at radius 3 is 2.33 bits per heavy atom. The van der Waals surface area contributed by atoms with Crippen LogP contribution in [0.15, 0.2) is 30.3 Å². The third-order valence-corrected chi connectivity index (χ3v) is 1.71. The zero-order chi connectivity index (χ0) is 11.5. The number of carbonyl (C=O) groups excluding carboxylic acids is 1. The fraction of sp³-hybridized carbons (Fsp3) is 0.462. The van der Waals surface area contributed by atoms with Crippen molar-refractivity contribution in [3.05, 3.63) is 35.9 Å². The summed E-state index contributed by atoms with van der Waals surface area (Å²) in [6.45, 7) is 6.68. The largest absolute Gasteiger partial charge is 0.376 e. The first-order valence-electron chi connectivity index (χ1n) is 5.40. The Kier molecular flexibility index (Phi) is 8.69. The fourth-order valence-corrected chi connectivity index (χ4v) is 0.980. The van der Waals surface area contributed by atoms with Gasteiger partial charge >= 0.3 is 0 Å². The number of carbonyl (C=O) groups is 1. The maximum absolute atomic E-state index is 10.6. The molecule has 84 valence electrons. The molecule has 0 fully saturated rings. The van der Waals surface area contributed by atoms with E-state index in [1.54, 1.807) is 6.92 Å². The molecule has 0 heterocycles. The van der Waals surface area contributed by atoms with E-state index in [1.807, 2.05) is 44.2 Å². The maximum atomic E-state index is 10.6. The highest BCUT2D eigenvalue weighted by Crippen LogP contribution is 2.00. The monoisotopic (exact) mass is 208 g/mol. The minimum Gasteiger partial charge on any atom is -0.376 e. The van der Waals surface area contributed by atoms with E-state index in [4.69, 9.17) is 4.74 Å². The van der Waals surface area contributed by atoms with E-state index >= 15 is 0 Å². The first-order chi connectivity index (χ1) is 7.29. The van der Waals surface area contributed by atoms with Gasteiger partial charge in [0.15, 0.2) is 0 Å². The van der Waals surface area contributed by atoms with E-state index in [1.165, 1.54) is 0 Å². The summed E-state index contributed by atoms with van der Waals surface area (Å²) in [5.74, 6) is 0.174. The van der Waals surface area contributed by atoms with Crippen molar-refractivity contribution in [3.8, 4) is 0 Å². The number of ketones is 1. The quantitative estimate of drug-likeness (QED) is 0.694. The van der Waals surface area contributed by atoms with Gasteiger partial charge in [-0.1, -0.05) is 44.2 Å². The molecule has 0 radical (unpaired) electrons. The first kappa shape index (κ1) is 13.8. The summed E-state index contributed by atoms with van der Waals surface area (Å²) in [4.78, 5) is 10.6. The molecule has 1 rings (SSSR count). The molecular weight excluding hydrogens is 188 g/mol. The summed E-state index contributed by atoms with van der Waals surface area (Å²) in [6.07, 6.45) is 0.507. The number of rotatable bonds is 5. The van der Waals surface area contributed by atoms with Crippen LogP contribution in [0.2, 0.25) is 0 Å². The summed E-state index contributed by atoms with van der Waals surface area (Å²) in [5.41, 5.74) is 1.14. The van der Waals surface area contributed by atoms with Gasteiger partial charge in [0.1, 0.15) is 5.78 Å². The van der Waals surface area contributed by atoms with Gasteiger partial charge in [0.05, 0.1) is 13.2 Å². The molecule has 0 unspecified atom stereocenters. The van der Waals surface area contributed by atoms with E-state index < -0.39 is 0 Å². The molecule has 2 heteroatoms. The molecule has 0 aliphatic rings. The van der Waals surface area contributed by atoms with Gasteiger partial charge in [-0.05, 0) is 12.5 Å². The van der Waals surface area contributed by atoms with Crippen molar-refractivity contribution in [1.82, 2.24) is 0 Å². The van der Waals surface area contributed by atoms with Crippen LogP contribution < -0.4 is 0 Å². The van der Waals surface area contributed by atoms with Crippen LogP contribution in [0.5, 0.6) is 0 Å². The molecule has 0 amide bonds. The van der Waals surface area contributed by atoms with Crippen LogP contribution in [0.1, 0.15) is 32.8 Å². The lowest BCUT2D eigenvalue weighted by molar-refractivity contribution is -0.118. The Labute approximate surface area is 92.3 Å².